The number of carbonyl (C=O) groups is 1. The Hall–Kier alpha value is -1.91. The molecule has 0 spiro atoms. The first-order valence-electron chi connectivity index (χ1n) is 5.08. The minimum atomic E-state index is 0.604. The predicted molar refractivity (Wildman–Crippen MR) is 59.4 cm³/mol. The molecule has 0 aliphatic carbocycles. The minimum Gasteiger partial charge on any atom is -0.341 e. The Labute approximate surface area is 93.7 Å². The van der Waals surface area contributed by atoms with E-state index in [4.69, 9.17) is 0 Å². The molecule has 0 bridgehead atoms. The second-order valence-corrected chi connectivity index (χ2v) is 3.86. The van der Waals surface area contributed by atoms with Gasteiger partial charge in [0.25, 0.3) is 0 Å². The van der Waals surface area contributed by atoms with Crippen molar-refractivity contribution in [1.82, 2.24) is 19.3 Å². The van der Waals surface area contributed by atoms with Crippen LogP contribution in [-0.4, -0.2) is 25.6 Å². The third-order valence-electron chi connectivity index (χ3n) is 2.69. The summed E-state index contributed by atoms with van der Waals surface area (Å²) in [5.74, 6) is 0.752. The van der Waals surface area contributed by atoms with Crippen LogP contribution in [-0.2, 0) is 13.6 Å². The molecule has 0 unspecified atom stereocenters. The fraction of sp³-hybridized carbons (Fsp3) is 0.364. The molecule has 0 aromatic carbocycles. The summed E-state index contributed by atoms with van der Waals surface area (Å²) >= 11 is 0. The van der Waals surface area contributed by atoms with Crippen LogP contribution < -0.4 is 0 Å². The molecule has 2 rings (SSSR count). The lowest BCUT2D eigenvalue weighted by atomic mass is 10.3. The van der Waals surface area contributed by atoms with E-state index in [0.717, 1.165) is 29.1 Å². The topological polar surface area (TPSA) is 52.7 Å². The highest BCUT2D eigenvalue weighted by Crippen LogP contribution is 2.14. The Bertz CT molecular complexity index is 524. The maximum atomic E-state index is 10.8. The molecule has 0 N–H and O–H groups in total. The lowest BCUT2D eigenvalue weighted by Gasteiger charge is -2.05. The predicted octanol–water partition coefficient (Wildman–Crippen LogP) is 1.09. The number of aryl methyl sites for hydroxylation is 2. The molecule has 0 saturated carbocycles. The van der Waals surface area contributed by atoms with E-state index >= 15 is 0 Å². The van der Waals surface area contributed by atoms with E-state index in [1.54, 1.807) is 11.0 Å². The molecule has 0 saturated heterocycles. The first-order chi connectivity index (χ1) is 7.61. The van der Waals surface area contributed by atoms with Crippen molar-refractivity contribution >= 4 is 6.29 Å². The summed E-state index contributed by atoms with van der Waals surface area (Å²) in [6.07, 6.45) is 2.55. The number of hydrogen-bond donors (Lipinski definition) is 0. The van der Waals surface area contributed by atoms with E-state index in [9.17, 15) is 4.79 Å². The van der Waals surface area contributed by atoms with Crippen molar-refractivity contribution in [2.75, 3.05) is 0 Å². The molecule has 5 nitrogen and oxygen atoms in total. The molecule has 2 aromatic heterocycles. The molecule has 84 valence electrons. The number of nitrogens with zero attached hydrogens (tertiary/aromatic N) is 4. The van der Waals surface area contributed by atoms with Crippen LogP contribution in [0.2, 0.25) is 0 Å². The highest BCUT2D eigenvalue weighted by Gasteiger charge is 2.10. The largest absolute Gasteiger partial charge is 0.341 e. The Morgan fingerprint density at radius 2 is 2.19 bits per heavy atom. The Morgan fingerprint density at radius 3 is 2.69 bits per heavy atom. The summed E-state index contributed by atoms with van der Waals surface area (Å²) in [5, 5.41) is 4.22. The second-order valence-electron chi connectivity index (χ2n) is 3.86. The van der Waals surface area contributed by atoms with Gasteiger partial charge in [-0.3, -0.25) is 9.48 Å². The zero-order valence-electron chi connectivity index (χ0n) is 9.64. The van der Waals surface area contributed by atoms with Crippen molar-refractivity contribution in [3.05, 3.63) is 35.2 Å². The first kappa shape index (κ1) is 10.6. The second kappa shape index (κ2) is 3.92. The molecule has 0 fully saturated rings. The molecule has 0 atom stereocenters. The normalized spacial score (nSPS) is 10.7. The summed E-state index contributed by atoms with van der Waals surface area (Å²) in [4.78, 5) is 15.0. The van der Waals surface area contributed by atoms with E-state index in [1.165, 1.54) is 0 Å². The van der Waals surface area contributed by atoms with Crippen LogP contribution in [0.3, 0.4) is 0 Å². The Balaban J connectivity index is 2.34. The number of rotatable bonds is 3. The van der Waals surface area contributed by atoms with Crippen molar-refractivity contribution in [1.29, 1.82) is 0 Å². The van der Waals surface area contributed by atoms with E-state index in [-0.39, 0.29) is 0 Å². The summed E-state index contributed by atoms with van der Waals surface area (Å²) in [5.41, 5.74) is 2.74. The van der Waals surface area contributed by atoms with Crippen LogP contribution in [0.4, 0.5) is 0 Å². The lowest BCUT2D eigenvalue weighted by molar-refractivity contribution is 0.112. The van der Waals surface area contributed by atoms with E-state index in [2.05, 4.69) is 10.1 Å². The molecule has 2 aromatic rings. The standard InChI is InChI=1S/C11H14N4O/c1-8-4-10(6-16)9(2)15(8)5-11-12-7-14(3)13-11/h4,6-7H,5H2,1-3H3. The van der Waals surface area contributed by atoms with Crippen LogP contribution in [0.25, 0.3) is 0 Å². The number of carbonyl (C=O) groups excluding carboxylic acids is 1. The van der Waals surface area contributed by atoms with E-state index in [1.807, 2.05) is 31.5 Å². The highest BCUT2D eigenvalue weighted by molar-refractivity contribution is 5.77. The number of aldehydes is 1. The zero-order valence-corrected chi connectivity index (χ0v) is 9.64. The summed E-state index contributed by atoms with van der Waals surface area (Å²) in [6.45, 7) is 4.51. The van der Waals surface area contributed by atoms with Gasteiger partial charge in [0.1, 0.15) is 6.33 Å². The van der Waals surface area contributed by atoms with Crippen molar-refractivity contribution in [2.45, 2.75) is 20.4 Å². The number of aromatic nitrogens is 4. The molecule has 16 heavy (non-hydrogen) atoms. The smallest absolute Gasteiger partial charge is 0.170 e. The van der Waals surface area contributed by atoms with Gasteiger partial charge in [-0.1, -0.05) is 0 Å². The lowest BCUT2D eigenvalue weighted by Crippen LogP contribution is -2.06. The van der Waals surface area contributed by atoms with Gasteiger partial charge in [-0.2, -0.15) is 5.10 Å². The van der Waals surface area contributed by atoms with Gasteiger partial charge in [-0.15, -0.1) is 0 Å². The van der Waals surface area contributed by atoms with E-state index < -0.39 is 0 Å². The van der Waals surface area contributed by atoms with E-state index in [0.29, 0.717) is 6.54 Å². The van der Waals surface area contributed by atoms with Gasteiger partial charge in [-0.05, 0) is 19.9 Å². The van der Waals surface area contributed by atoms with Gasteiger partial charge in [0, 0.05) is 24.0 Å². The molecule has 0 radical (unpaired) electrons. The van der Waals surface area contributed by atoms with Crippen molar-refractivity contribution in [3.63, 3.8) is 0 Å². The summed E-state index contributed by atoms with van der Waals surface area (Å²) in [7, 11) is 1.84. The SMILES string of the molecule is Cc1cc(C=O)c(C)n1Cc1ncn(C)n1. The Morgan fingerprint density at radius 1 is 1.44 bits per heavy atom. The van der Waals surface area contributed by atoms with Crippen LogP contribution in [0, 0.1) is 13.8 Å². The van der Waals surface area contributed by atoms with Crippen LogP contribution in [0.15, 0.2) is 12.4 Å². The van der Waals surface area contributed by atoms with Crippen LogP contribution >= 0.6 is 0 Å². The average Bonchev–Trinajstić information content (AvgIpc) is 2.77. The monoisotopic (exact) mass is 218 g/mol. The first-order valence-corrected chi connectivity index (χ1v) is 5.08. The van der Waals surface area contributed by atoms with Crippen LogP contribution in [0.1, 0.15) is 27.6 Å². The quantitative estimate of drug-likeness (QED) is 0.725. The fourth-order valence-corrected chi connectivity index (χ4v) is 1.79. The Kier molecular flexibility index (Phi) is 2.60. The molecular weight excluding hydrogens is 204 g/mol. The van der Waals surface area contributed by atoms with Gasteiger partial charge in [0.2, 0.25) is 0 Å². The van der Waals surface area contributed by atoms with Gasteiger partial charge in [0.15, 0.2) is 12.1 Å². The van der Waals surface area contributed by atoms with Crippen molar-refractivity contribution in [3.8, 4) is 0 Å². The molecule has 0 aliphatic rings. The zero-order chi connectivity index (χ0) is 11.7. The van der Waals surface area contributed by atoms with Gasteiger partial charge < -0.3 is 4.57 Å². The van der Waals surface area contributed by atoms with Gasteiger partial charge >= 0.3 is 0 Å². The maximum absolute atomic E-state index is 10.8. The fourth-order valence-electron chi connectivity index (χ4n) is 1.79. The third kappa shape index (κ3) is 1.76. The minimum absolute atomic E-state index is 0.604. The molecule has 2 heterocycles. The van der Waals surface area contributed by atoms with Crippen LogP contribution in [0.5, 0.6) is 0 Å². The molecule has 0 aliphatic heterocycles. The molecule has 0 amide bonds. The maximum Gasteiger partial charge on any atom is 0.170 e. The van der Waals surface area contributed by atoms with Gasteiger partial charge in [0.05, 0.1) is 6.54 Å². The third-order valence-corrected chi connectivity index (χ3v) is 2.69. The van der Waals surface area contributed by atoms with Crippen molar-refractivity contribution in [2.24, 2.45) is 7.05 Å². The van der Waals surface area contributed by atoms with Crippen molar-refractivity contribution < 1.29 is 4.79 Å². The molecular formula is C11H14N4O. The number of hydrogen-bond acceptors (Lipinski definition) is 3. The average molecular weight is 218 g/mol. The summed E-state index contributed by atoms with van der Waals surface area (Å²) in [6, 6.07) is 1.88. The molecule has 5 heteroatoms. The summed E-state index contributed by atoms with van der Waals surface area (Å²) < 4.78 is 3.71. The highest BCUT2D eigenvalue weighted by atomic mass is 16.1. The van der Waals surface area contributed by atoms with Gasteiger partial charge in [-0.25, -0.2) is 4.98 Å².